The Hall–Kier alpha value is -1.03. The van der Waals surface area contributed by atoms with Gasteiger partial charge < -0.3 is 10.4 Å². The van der Waals surface area contributed by atoms with Gasteiger partial charge >= 0.3 is 0 Å². The highest BCUT2D eigenvalue weighted by atomic mass is 79.9. The van der Waals surface area contributed by atoms with Crippen molar-refractivity contribution in [2.45, 2.75) is 26.2 Å². The van der Waals surface area contributed by atoms with E-state index >= 15 is 0 Å². The number of carbonyl (C=O) groups is 1. The van der Waals surface area contributed by atoms with Gasteiger partial charge in [-0.25, -0.2) is 0 Å². The molecule has 100 valence electrons. The van der Waals surface area contributed by atoms with E-state index in [1.807, 2.05) is 0 Å². The fourth-order valence-electron chi connectivity index (χ4n) is 1.91. The van der Waals surface area contributed by atoms with Gasteiger partial charge in [0.2, 0.25) is 0 Å². The van der Waals surface area contributed by atoms with Crippen molar-refractivity contribution in [1.82, 2.24) is 5.32 Å². The summed E-state index contributed by atoms with van der Waals surface area (Å²) in [7, 11) is 0. The minimum Gasteiger partial charge on any atom is -0.507 e. The fourth-order valence-corrected chi connectivity index (χ4v) is 2.56. The van der Waals surface area contributed by atoms with E-state index in [4.69, 9.17) is 0 Å². The van der Waals surface area contributed by atoms with Crippen LogP contribution >= 0.6 is 15.9 Å². The maximum atomic E-state index is 11.9. The molecule has 18 heavy (non-hydrogen) atoms. The molecule has 0 radical (unpaired) electrons. The third-order valence-electron chi connectivity index (χ3n) is 2.91. The van der Waals surface area contributed by atoms with Crippen LogP contribution in [0.15, 0.2) is 24.3 Å². The van der Waals surface area contributed by atoms with Gasteiger partial charge in [-0.2, -0.15) is 0 Å². The van der Waals surface area contributed by atoms with Crippen LogP contribution in [0.2, 0.25) is 0 Å². The van der Waals surface area contributed by atoms with Gasteiger partial charge in [0.05, 0.1) is 5.56 Å². The Bertz CT molecular complexity index is 376. The van der Waals surface area contributed by atoms with Crippen LogP contribution in [0.3, 0.4) is 0 Å². The number of hydrogen-bond acceptors (Lipinski definition) is 2. The Morgan fingerprint density at radius 3 is 2.72 bits per heavy atom. The molecule has 1 aromatic carbocycles. The number of nitrogens with one attached hydrogen (secondary N) is 1. The Morgan fingerprint density at radius 1 is 1.39 bits per heavy atom. The highest BCUT2D eigenvalue weighted by Crippen LogP contribution is 2.16. The number of alkyl halides is 1. The number of amides is 1. The predicted octanol–water partition coefficient (Wildman–Crippen LogP) is 3.32. The molecule has 0 fully saturated rings. The summed E-state index contributed by atoms with van der Waals surface area (Å²) < 4.78 is 0. The van der Waals surface area contributed by atoms with E-state index in [2.05, 4.69) is 28.2 Å². The zero-order valence-electron chi connectivity index (χ0n) is 10.7. The van der Waals surface area contributed by atoms with Crippen molar-refractivity contribution in [1.29, 1.82) is 0 Å². The summed E-state index contributed by atoms with van der Waals surface area (Å²) in [6.45, 7) is 2.80. The van der Waals surface area contributed by atoms with Crippen LogP contribution in [0.1, 0.15) is 36.5 Å². The molecule has 0 saturated carbocycles. The first-order chi connectivity index (χ1) is 8.69. The van der Waals surface area contributed by atoms with Crippen molar-refractivity contribution in [3.63, 3.8) is 0 Å². The number of para-hydroxylation sites is 1. The highest BCUT2D eigenvalue weighted by Gasteiger charge is 2.12. The van der Waals surface area contributed by atoms with Crippen LogP contribution in [-0.2, 0) is 0 Å². The van der Waals surface area contributed by atoms with Crippen LogP contribution < -0.4 is 5.32 Å². The fraction of sp³-hybridized carbons (Fsp3) is 0.500. The second kappa shape index (κ2) is 8.14. The predicted molar refractivity (Wildman–Crippen MR) is 77.2 cm³/mol. The zero-order valence-corrected chi connectivity index (χ0v) is 12.2. The van der Waals surface area contributed by atoms with Gasteiger partial charge in [0.15, 0.2) is 0 Å². The van der Waals surface area contributed by atoms with E-state index < -0.39 is 0 Å². The number of phenolic OH excluding ortho intramolecular Hbond substituents is 1. The lowest BCUT2D eigenvalue weighted by Crippen LogP contribution is -2.29. The van der Waals surface area contributed by atoms with Crippen molar-refractivity contribution in [3.05, 3.63) is 29.8 Å². The van der Waals surface area contributed by atoms with Crippen molar-refractivity contribution in [2.24, 2.45) is 5.92 Å². The second-order valence-electron chi connectivity index (χ2n) is 4.36. The Morgan fingerprint density at radius 2 is 2.11 bits per heavy atom. The molecule has 4 heteroatoms. The molecule has 2 N–H and O–H groups in total. The van der Waals surface area contributed by atoms with Crippen LogP contribution in [0, 0.1) is 5.92 Å². The Kier molecular flexibility index (Phi) is 6.80. The molecule has 0 saturated heterocycles. The largest absolute Gasteiger partial charge is 0.507 e. The molecule has 1 rings (SSSR count). The molecule has 0 aliphatic rings. The summed E-state index contributed by atoms with van der Waals surface area (Å²) in [4.78, 5) is 11.9. The van der Waals surface area contributed by atoms with E-state index in [1.54, 1.807) is 18.2 Å². The smallest absolute Gasteiger partial charge is 0.255 e. The topological polar surface area (TPSA) is 49.3 Å². The average molecular weight is 314 g/mol. The first-order valence-electron chi connectivity index (χ1n) is 6.31. The van der Waals surface area contributed by atoms with E-state index in [9.17, 15) is 9.90 Å². The van der Waals surface area contributed by atoms with Crippen molar-refractivity contribution in [3.8, 4) is 5.75 Å². The first-order valence-corrected chi connectivity index (χ1v) is 7.43. The van der Waals surface area contributed by atoms with E-state index in [1.165, 1.54) is 6.07 Å². The lowest BCUT2D eigenvalue weighted by molar-refractivity contribution is 0.0943. The van der Waals surface area contributed by atoms with Gasteiger partial charge in [-0.3, -0.25) is 4.79 Å². The second-order valence-corrected chi connectivity index (χ2v) is 5.15. The number of rotatable bonds is 7. The molecule has 0 heterocycles. The minimum atomic E-state index is -0.205. The van der Waals surface area contributed by atoms with Gasteiger partial charge in [0, 0.05) is 11.9 Å². The zero-order chi connectivity index (χ0) is 13.4. The quantitative estimate of drug-likeness (QED) is 0.759. The molecule has 1 unspecified atom stereocenters. The first kappa shape index (κ1) is 15.0. The van der Waals surface area contributed by atoms with Gasteiger partial charge in [0.25, 0.3) is 5.91 Å². The van der Waals surface area contributed by atoms with E-state index in [0.717, 1.165) is 24.6 Å². The van der Waals surface area contributed by atoms with Crippen molar-refractivity contribution in [2.75, 3.05) is 11.9 Å². The molecular formula is C14H20BrNO2. The SMILES string of the molecule is CCCC(CCBr)CNC(=O)c1ccccc1O. The van der Waals surface area contributed by atoms with Crippen LogP contribution in [0.25, 0.3) is 0 Å². The molecule has 0 aliphatic heterocycles. The van der Waals surface area contributed by atoms with Gasteiger partial charge in [-0.15, -0.1) is 0 Å². The van der Waals surface area contributed by atoms with Gasteiger partial charge in [0.1, 0.15) is 5.75 Å². The lowest BCUT2D eigenvalue weighted by atomic mass is 10.0. The maximum Gasteiger partial charge on any atom is 0.255 e. The van der Waals surface area contributed by atoms with Gasteiger partial charge in [-0.05, 0) is 30.9 Å². The summed E-state index contributed by atoms with van der Waals surface area (Å²) in [5, 5.41) is 13.4. The molecule has 0 bridgehead atoms. The number of hydrogen-bond donors (Lipinski definition) is 2. The lowest BCUT2D eigenvalue weighted by Gasteiger charge is -2.15. The Balaban J connectivity index is 2.52. The van der Waals surface area contributed by atoms with Crippen LogP contribution in [-0.4, -0.2) is 22.9 Å². The maximum absolute atomic E-state index is 11.9. The summed E-state index contributed by atoms with van der Waals surface area (Å²) in [5.74, 6) is 0.315. The van der Waals surface area contributed by atoms with Crippen LogP contribution in [0.4, 0.5) is 0 Å². The molecule has 1 atom stereocenters. The summed E-state index contributed by atoms with van der Waals surface area (Å²) in [6.07, 6.45) is 3.27. The normalized spacial score (nSPS) is 12.1. The molecule has 0 aromatic heterocycles. The van der Waals surface area contributed by atoms with Crippen molar-refractivity contribution >= 4 is 21.8 Å². The van der Waals surface area contributed by atoms with E-state index in [-0.39, 0.29) is 11.7 Å². The molecule has 1 amide bonds. The monoisotopic (exact) mass is 313 g/mol. The number of benzene rings is 1. The van der Waals surface area contributed by atoms with Gasteiger partial charge in [-0.1, -0.05) is 41.4 Å². The molecule has 0 aliphatic carbocycles. The number of carbonyl (C=O) groups excluding carboxylic acids is 1. The third-order valence-corrected chi connectivity index (χ3v) is 3.37. The molecule has 0 spiro atoms. The Labute approximate surface area is 117 Å². The summed E-state index contributed by atoms with van der Waals surface area (Å²) in [6, 6.07) is 6.61. The highest BCUT2D eigenvalue weighted by molar-refractivity contribution is 9.09. The summed E-state index contributed by atoms with van der Waals surface area (Å²) in [5.41, 5.74) is 0.339. The number of halogens is 1. The standard InChI is InChI=1S/C14H20BrNO2/c1-2-5-11(8-9-15)10-16-14(18)12-6-3-4-7-13(12)17/h3-4,6-7,11,17H,2,5,8-10H2,1H3,(H,16,18). The third kappa shape index (κ3) is 4.69. The average Bonchev–Trinajstić information content (AvgIpc) is 2.36. The summed E-state index contributed by atoms with van der Waals surface area (Å²) >= 11 is 3.43. The van der Waals surface area contributed by atoms with Crippen molar-refractivity contribution < 1.29 is 9.90 Å². The minimum absolute atomic E-state index is 0.0301. The molecule has 3 nitrogen and oxygen atoms in total. The number of aromatic hydroxyl groups is 1. The molecule has 1 aromatic rings. The van der Waals surface area contributed by atoms with E-state index in [0.29, 0.717) is 18.0 Å². The van der Waals surface area contributed by atoms with Crippen LogP contribution in [0.5, 0.6) is 5.75 Å². The molecular weight excluding hydrogens is 294 g/mol. The number of phenols is 1.